The predicted molar refractivity (Wildman–Crippen MR) is 81.7 cm³/mol. The fraction of sp³-hybridized carbons (Fsp3) is 0.500. The van der Waals surface area contributed by atoms with E-state index in [1.54, 1.807) is 0 Å². The molecule has 2 rings (SSSR count). The monoisotopic (exact) mass is 272 g/mol. The molecule has 0 saturated carbocycles. The van der Waals surface area contributed by atoms with Gasteiger partial charge in [-0.15, -0.1) is 0 Å². The van der Waals surface area contributed by atoms with E-state index in [1.165, 1.54) is 11.1 Å². The molecule has 2 aromatic rings. The van der Waals surface area contributed by atoms with Crippen molar-refractivity contribution >= 4 is 0 Å². The van der Waals surface area contributed by atoms with Crippen molar-refractivity contribution in [2.24, 2.45) is 0 Å². The molecule has 0 aliphatic carbocycles. The van der Waals surface area contributed by atoms with E-state index in [4.69, 9.17) is 0 Å². The molecule has 0 radical (unpaired) electrons. The molecule has 108 valence electrons. The number of aryl methyl sites for hydroxylation is 3. The van der Waals surface area contributed by atoms with Crippen molar-refractivity contribution in [3.05, 3.63) is 47.3 Å². The number of rotatable bonds is 5. The highest BCUT2D eigenvalue weighted by atomic mass is 15.1. The molecule has 2 atom stereocenters. The van der Waals surface area contributed by atoms with Gasteiger partial charge in [-0.1, -0.05) is 0 Å². The van der Waals surface area contributed by atoms with Gasteiger partial charge in [0.15, 0.2) is 0 Å². The maximum Gasteiger partial charge on any atom is 0.0946 e. The molecule has 0 spiro atoms. The van der Waals surface area contributed by atoms with Gasteiger partial charge in [0.2, 0.25) is 0 Å². The molecular formula is C16H24N4. The minimum atomic E-state index is 0.293. The van der Waals surface area contributed by atoms with Crippen LogP contribution in [0.15, 0.2) is 24.8 Å². The van der Waals surface area contributed by atoms with Crippen LogP contribution in [0.25, 0.3) is 0 Å². The molecule has 0 aliphatic rings. The molecule has 2 unspecified atom stereocenters. The Morgan fingerprint density at radius 3 is 2.60 bits per heavy atom. The van der Waals surface area contributed by atoms with Gasteiger partial charge in [0.1, 0.15) is 0 Å². The van der Waals surface area contributed by atoms with E-state index in [0.717, 1.165) is 17.9 Å². The van der Waals surface area contributed by atoms with Crippen molar-refractivity contribution in [3.63, 3.8) is 0 Å². The average Bonchev–Trinajstić information content (AvgIpc) is 2.79. The van der Waals surface area contributed by atoms with Crippen LogP contribution in [0.1, 0.15) is 42.4 Å². The summed E-state index contributed by atoms with van der Waals surface area (Å²) in [4.78, 5) is 8.66. The summed E-state index contributed by atoms with van der Waals surface area (Å²) < 4.78 is 2.09. The summed E-state index contributed by atoms with van der Waals surface area (Å²) in [6.45, 7) is 11.6. The fourth-order valence-electron chi connectivity index (χ4n) is 2.96. The third-order valence-electron chi connectivity index (χ3n) is 3.60. The quantitative estimate of drug-likeness (QED) is 0.910. The minimum Gasteiger partial charge on any atom is -0.336 e. The molecule has 2 aromatic heterocycles. The molecule has 2 heterocycles. The lowest BCUT2D eigenvalue weighted by atomic mass is 10.00. The van der Waals surface area contributed by atoms with Crippen LogP contribution < -0.4 is 5.32 Å². The van der Waals surface area contributed by atoms with Gasteiger partial charge in [-0.3, -0.25) is 4.98 Å². The largest absolute Gasteiger partial charge is 0.336 e. The topological polar surface area (TPSA) is 42.7 Å². The van der Waals surface area contributed by atoms with Gasteiger partial charge in [0.05, 0.1) is 6.33 Å². The first kappa shape index (κ1) is 14.7. The third kappa shape index (κ3) is 3.45. The lowest BCUT2D eigenvalue weighted by Crippen LogP contribution is -2.33. The van der Waals surface area contributed by atoms with Crippen molar-refractivity contribution in [1.82, 2.24) is 19.9 Å². The first-order valence-electron chi connectivity index (χ1n) is 7.14. The Morgan fingerprint density at radius 2 is 2.00 bits per heavy atom. The van der Waals surface area contributed by atoms with E-state index in [0.29, 0.717) is 12.1 Å². The van der Waals surface area contributed by atoms with Crippen molar-refractivity contribution in [3.8, 4) is 0 Å². The van der Waals surface area contributed by atoms with Gasteiger partial charge < -0.3 is 9.88 Å². The molecule has 0 aromatic carbocycles. The van der Waals surface area contributed by atoms with E-state index in [2.05, 4.69) is 53.6 Å². The third-order valence-corrected chi connectivity index (χ3v) is 3.60. The van der Waals surface area contributed by atoms with E-state index in [1.807, 2.05) is 25.6 Å². The number of pyridine rings is 1. The van der Waals surface area contributed by atoms with Crippen LogP contribution >= 0.6 is 0 Å². The smallest absolute Gasteiger partial charge is 0.0946 e. The zero-order chi connectivity index (χ0) is 14.7. The standard InChI is InChI=1S/C16H24N4/c1-11-8-12(2)18-14(4)16(11)15(5)19-13(3)9-20-7-6-17-10-20/h6-8,10,13,15,19H,9H2,1-5H3. The Balaban J connectivity index is 2.06. The molecule has 0 fully saturated rings. The van der Waals surface area contributed by atoms with Gasteiger partial charge in [-0.05, 0) is 51.8 Å². The van der Waals surface area contributed by atoms with Crippen LogP contribution in [-0.2, 0) is 6.54 Å². The Morgan fingerprint density at radius 1 is 1.25 bits per heavy atom. The second-order valence-corrected chi connectivity index (χ2v) is 5.63. The van der Waals surface area contributed by atoms with Crippen LogP contribution in [0.3, 0.4) is 0 Å². The molecule has 1 N–H and O–H groups in total. The zero-order valence-electron chi connectivity index (χ0n) is 13.0. The highest BCUT2D eigenvalue weighted by Gasteiger charge is 2.15. The van der Waals surface area contributed by atoms with Crippen LogP contribution in [0.2, 0.25) is 0 Å². The van der Waals surface area contributed by atoms with E-state index in [-0.39, 0.29) is 0 Å². The zero-order valence-corrected chi connectivity index (χ0v) is 13.0. The molecule has 20 heavy (non-hydrogen) atoms. The maximum absolute atomic E-state index is 4.58. The molecule has 0 saturated heterocycles. The summed E-state index contributed by atoms with van der Waals surface area (Å²) in [5, 5.41) is 3.65. The molecule has 0 amide bonds. The molecule has 4 heteroatoms. The summed E-state index contributed by atoms with van der Waals surface area (Å²) in [6, 6.07) is 2.82. The number of aromatic nitrogens is 3. The fourth-order valence-corrected chi connectivity index (χ4v) is 2.96. The normalized spacial score (nSPS) is 14.2. The number of imidazole rings is 1. The highest BCUT2D eigenvalue weighted by molar-refractivity contribution is 5.33. The van der Waals surface area contributed by atoms with Gasteiger partial charge >= 0.3 is 0 Å². The molecule has 0 bridgehead atoms. The van der Waals surface area contributed by atoms with Crippen LogP contribution in [-0.4, -0.2) is 20.6 Å². The average molecular weight is 272 g/mol. The Kier molecular flexibility index (Phi) is 4.55. The van der Waals surface area contributed by atoms with Crippen LogP contribution in [0.4, 0.5) is 0 Å². The van der Waals surface area contributed by atoms with Gasteiger partial charge in [0, 0.05) is 42.4 Å². The number of nitrogens with one attached hydrogen (secondary N) is 1. The lowest BCUT2D eigenvalue weighted by molar-refractivity contribution is 0.428. The lowest BCUT2D eigenvalue weighted by Gasteiger charge is -2.23. The highest BCUT2D eigenvalue weighted by Crippen LogP contribution is 2.21. The molecular weight excluding hydrogens is 248 g/mol. The Hall–Kier alpha value is -1.68. The van der Waals surface area contributed by atoms with E-state index in [9.17, 15) is 0 Å². The van der Waals surface area contributed by atoms with Crippen molar-refractivity contribution in [2.45, 2.75) is 53.2 Å². The minimum absolute atomic E-state index is 0.293. The molecule has 4 nitrogen and oxygen atoms in total. The Bertz CT molecular complexity index is 537. The van der Waals surface area contributed by atoms with Crippen molar-refractivity contribution < 1.29 is 0 Å². The number of nitrogens with zero attached hydrogens (tertiary/aromatic N) is 3. The summed E-state index contributed by atoms with van der Waals surface area (Å²) in [7, 11) is 0. The van der Waals surface area contributed by atoms with E-state index >= 15 is 0 Å². The second kappa shape index (κ2) is 6.18. The van der Waals surface area contributed by atoms with Crippen LogP contribution in [0, 0.1) is 20.8 Å². The number of hydrogen-bond donors (Lipinski definition) is 1. The summed E-state index contributed by atoms with van der Waals surface area (Å²) >= 11 is 0. The van der Waals surface area contributed by atoms with Gasteiger partial charge in [0.25, 0.3) is 0 Å². The van der Waals surface area contributed by atoms with Gasteiger partial charge in [-0.25, -0.2) is 4.98 Å². The summed E-state index contributed by atoms with van der Waals surface area (Å²) in [5.74, 6) is 0. The van der Waals surface area contributed by atoms with Crippen molar-refractivity contribution in [1.29, 1.82) is 0 Å². The maximum atomic E-state index is 4.58. The van der Waals surface area contributed by atoms with Crippen molar-refractivity contribution in [2.75, 3.05) is 0 Å². The molecule has 0 aliphatic heterocycles. The second-order valence-electron chi connectivity index (χ2n) is 5.63. The van der Waals surface area contributed by atoms with Crippen LogP contribution in [0.5, 0.6) is 0 Å². The Labute approximate surface area is 121 Å². The summed E-state index contributed by atoms with van der Waals surface area (Å²) in [5.41, 5.74) is 4.83. The van der Waals surface area contributed by atoms with Gasteiger partial charge in [-0.2, -0.15) is 0 Å². The summed E-state index contributed by atoms with van der Waals surface area (Å²) in [6.07, 6.45) is 5.66. The predicted octanol–water partition coefficient (Wildman–Crippen LogP) is 2.94. The number of hydrogen-bond acceptors (Lipinski definition) is 3. The van der Waals surface area contributed by atoms with E-state index < -0.39 is 0 Å². The SMILES string of the molecule is Cc1cc(C)c(C(C)NC(C)Cn2ccnc2)c(C)n1. The first-order valence-corrected chi connectivity index (χ1v) is 7.14. The first-order chi connectivity index (χ1) is 9.47.